The van der Waals surface area contributed by atoms with Gasteiger partial charge >= 0.3 is 0 Å². The van der Waals surface area contributed by atoms with E-state index in [1.165, 1.54) is 0 Å². The maximum absolute atomic E-state index is 12.4. The highest BCUT2D eigenvalue weighted by Gasteiger charge is 2.13. The Morgan fingerprint density at radius 1 is 0.769 bits per heavy atom. The quantitative estimate of drug-likeness (QED) is 0.506. The van der Waals surface area contributed by atoms with E-state index in [9.17, 15) is 4.21 Å². The molecule has 0 aliphatic heterocycles. The lowest BCUT2D eigenvalue weighted by Gasteiger charge is -1.95. The second kappa shape index (κ2) is 7.49. The maximum atomic E-state index is 12.4. The average Bonchev–Trinajstić information content (AvgIpc) is 3.33. The lowest BCUT2D eigenvalue weighted by Crippen LogP contribution is -1.98. The van der Waals surface area contributed by atoms with Crippen LogP contribution in [0.3, 0.4) is 0 Å². The fraction of sp³-hybridized carbons (Fsp3) is 0.100. The van der Waals surface area contributed by atoms with Crippen molar-refractivity contribution in [2.75, 3.05) is 0 Å². The zero-order valence-electron chi connectivity index (χ0n) is 13.9. The van der Waals surface area contributed by atoms with Crippen molar-refractivity contribution in [3.8, 4) is 22.6 Å². The van der Waals surface area contributed by atoms with Gasteiger partial charge in [-0.2, -0.15) is 0 Å². The SMILES string of the molecule is O=[S@@](Cc1cc(-c2ccccc2)on1)Cc1cc(-c2ccccc2)no1. The summed E-state index contributed by atoms with van der Waals surface area (Å²) in [7, 11) is -1.16. The molecule has 2 aromatic carbocycles. The molecule has 0 bridgehead atoms. The number of nitrogens with zero attached hydrogens (tertiary/aromatic N) is 2. The standard InChI is InChI=1S/C20H16N2O3S/c23-26(13-17-11-20(25-21-17)16-9-5-2-6-10-16)14-18-12-19(22-24-18)15-7-3-1-4-8-15/h1-12H,13-14H2/t26-/m0/s1. The largest absolute Gasteiger partial charge is 0.360 e. The fourth-order valence-corrected chi connectivity index (χ4v) is 3.64. The van der Waals surface area contributed by atoms with Gasteiger partial charge in [-0.05, 0) is 0 Å². The number of rotatable bonds is 6. The first-order valence-corrected chi connectivity index (χ1v) is 9.64. The normalized spacial score (nSPS) is 12.2. The fourth-order valence-electron chi connectivity index (χ4n) is 2.62. The third-order valence-corrected chi connectivity index (χ3v) is 5.08. The van der Waals surface area contributed by atoms with E-state index in [1.54, 1.807) is 0 Å². The Bertz CT molecular complexity index is 928. The highest BCUT2D eigenvalue weighted by molar-refractivity contribution is 7.83. The van der Waals surface area contributed by atoms with Crippen molar-refractivity contribution in [3.05, 3.63) is 84.3 Å². The molecule has 0 amide bonds. The molecule has 0 aliphatic rings. The van der Waals surface area contributed by atoms with E-state index in [2.05, 4.69) is 10.3 Å². The van der Waals surface area contributed by atoms with Crippen LogP contribution in [-0.2, 0) is 22.3 Å². The zero-order chi connectivity index (χ0) is 17.8. The molecule has 0 fully saturated rings. The Kier molecular flexibility index (Phi) is 4.75. The van der Waals surface area contributed by atoms with Gasteiger partial charge in [-0.15, -0.1) is 0 Å². The van der Waals surface area contributed by atoms with Gasteiger partial charge in [-0.3, -0.25) is 4.21 Å². The Hall–Kier alpha value is -2.99. The Morgan fingerprint density at radius 2 is 1.46 bits per heavy atom. The lowest BCUT2D eigenvalue weighted by atomic mass is 10.1. The summed E-state index contributed by atoms with van der Waals surface area (Å²) in [4.78, 5) is 0. The van der Waals surface area contributed by atoms with Crippen LogP contribution in [0.5, 0.6) is 0 Å². The zero-order valence-corrected chi connectivity index (χ0v) is 14.7. The van der Waals surface area contributed by atoms with Crippen molar-refractivity contribution in [2.24, 2.45) is 0 Å². The minimum absolute atomic E-state index is 0.285. The number of benzene rings is 2. The molecule has 1 atom stereocenters. The summed E-state index contributed by atoms with van der Waals surface area (Å²) in [6, 6.07) is 23.1. The monoisotopic (exact) mass is 364 g/mol. The van der Waals surface area contributed by atoms with Crippen LogP contribution >= 0.6 is 0 Å². The first kappa shape index (κ1) is 16.5. The van der Waals surface area contributed by atoms with E-state index in [4.69, 9.17) is 9.05 Å². The Labute approximate surface area is 153 Å². The Balaban J connectivity index is 1.40. The molecule has 0 radical (unpaired) electrons. The maximum Gasteiger partial charge on any atom is 0.167 e. The van der Waals surface area contributed by atoms with Gasteiger partial charge in [-0.25, -0.2) is 0 Å². The molecule has 4 aromatic rings. The van der Waals surface area contributed by atoms with Crippen LogP contribution in [0.15, 0.2) is 81.8 Å². The minimum atomic E-state index is -1.16. The van der Waals surface area contributed by atoms with Gasteiger partial charge in [0.2, 0.25) is 0 Å². The van der Waals surface area contributed by atoms with Gasteiger partial charge in [0, 0.05) is 34.1 Å². The van der Waals surface area contributed by atoms with Gasteiger partial charge in [-0.1, -0.05) is 71.0 Å². The van der Waals surface area contributed by atoms with Crippen molar-refractivity contribution < 1.29 is 13.3 Å². The van der Waals surface area contributed by atoms with Crippen molar-refractivity contribution >= 4 is 10.8 Å². The topological polar surface area (TPSA) is 69.1 Å². The molecule has 6 heteroatoms. The van der Waals surface area contributed by atoms with Gasteiger partial charge in [0.15, 0.2) is 5.76 Å². The number of hydrogen-bond donors (Lipinski definition) is 0. The number of hydrogen-bond acceptors (Lipinski definition) is 5. The Morgan fingerprint density at radius 3 is 2.19 bits per heavy atom. The molecular weight excluding hydrogens is 348 g/mol. The molecule has 4 rings (SSSR count). The second-order valence-electron chi connectivity index (χ2n) is 5.82. The van der Waals surface area contributed by atoms with Crippen LogP contribution < -0.4 is 0 Å². The van der Waals surface area contributed by atoms with Crippen LogP contribution in [-0.4, -0.2) is 14.5 Å². The highest BCUT2D eigenvalue weighted by atomic mass is 32.2. The molecule has 0 N–H and O–H groups in total. The van der Waals surface area contributed by atoms with Gasteiger partial charge < -0.3 is 9.05 Å². The van der Waals surface area contributed by atoms with E-state index in [-0.39, 0.29) is 5.75 Å². The molecule has 0 saturated carbocycles. The molecule has 26 heavy (non-hydrogen) atoms. The van der Waals surface area contributed by atoms with E-state index in [0.717, 1.165) is 16.8 Å². The minimum Gasteiger partial charge on any atom is -0.360 e. The van der Waals surface area contributed by atoms with Crippen LogP contribution in [0.2, 0.25) is 0 Å². The first-order chi connectivity index (χ1) is 12.8. The summed E-state index contributed by atoms with van der Waals surface area (Å²) in [6.07, 6.45) is 0. The second-order valence-corrected chi connectivity index (χ2v) is 7.28. The molecule has 0 saturated heterocycles. The third kappa shape index (κ3) is 3.81. The van der Waals surface area contributed by atoms with Gasteiger partial charge in [0.25, 0.3) is 0 Å². The van der Waals surface area contributed by atoms with Gasteiger partial charge in [0.05, 0.1) is 17.2 Å². The molecule has 130 valence electrons. The van der Waals surface area contributed by atoms with E-state index in [0.29, 0.717) is 23.0 Å². The molecule has 2 aromatic heterocycles. The highest BCUT2D eigenvalue weighted by Crippen LogP contribution is 2.22. The van der Waals surface area contributed by atoms with E-state index >= 15 is 0 Å². The van der Waals surface area contributed by atoms with Crippen LogP contribution in [0.4, 0.5) is 0 Å². The molecule has 0 aliphatic carbocycles. The molecule has 0 unspecified atom stereocenters. The van der Waals surface area contributed by atoms with Crippen LogP contribution in [0.1, 0.15) is 11.5 Å². The summed E-state index contributed by atoms with van der Waals surface area (Å²) in [6.45, 7) is 0. The van der Waals surface area contributed by atoms with E-state index in [1.807, 2.05) is 72.8 Å². The van der Waals surface area contributed by atoms with Crippen molar-refractivity contribution in [1.29, 1.82) is 0 Å². The summed E-state index contributed by atoms with van der Waals surface area (Å²) >= 11 is 0. The van der Waals surface area contributed by atoms with Crippen molar-refractivity contribution in [1.82, 2.24) is 10.3 Å². The lowest BCUT2D eigenvalue weighted by molar-refractivity contribution is 0.396. The summed E-state index contributed by atoms with van der Waals surface area (Å²) < 4.78 is 23.1. The molecular formula is C20H16N2O3S. The third-order valence-electron chi connectivity index (χ3n) is 3.86. The van der Waals surface area contributed by atoms with Crippen molar-refractivity contribution in [2.45, 2.75) is 11.5 Å². The smallest absolute Gasteiger partial charge is 0.167 e. The predicted molar refractivity (Wildman–Crippen MR) is 99.4 cm³/mol. The summed E-state index contributed by atoms with van der Waals surface area (Å²) in [5, 5.41) is 8.06. The van der Waals surface area contributed by atoms with E-state index < -0.39 is 10.8 Å². The summed E-state index contributed by atoms with van der Waals surface area (Å²) in [5.74, 6) is 1.85. The average molecular weight is 364 g/mol. The van der Waals surface area contributed by atoms with Crippen LogP contribution in [0.25, 0.3) is 22.6 Å². The molecule has 2 heterocycles. The molecule has 0 spiro atoms. The number of aromatic nitrogens is 2. The summed E-state index contributed by atoms with van der Waals surface area (Å²) in [5.41, 5.74) is 3.31. The van der Waals surface area contributed by atoms with Gasteiger partial charge in [0.1, 0.15) is 11.5 Å². The molecule has 5 nitrogen and oxygen atoms in total. The van der Waals surface area contributed by atoms with Crippen molar-refractivity contribution in [3.63, 3.8) is 0 Å². The van der Waals surface area contributed by atoms with Crippen LogP contribution in [0, 0.1) is 0 Å². The first-order valence-electron chi connectivity index (χ1n) is 8.15. The predicted octanol–water partition coefficient (Wildman–Crippen LogP) is 4.45.